The highest BCUT2D eigenvalue weighted by molar-refractivity contribution is 6.06. The Hall–Kier alpha value is -6.90. The molecule has 0 spiro atoms. The third-order valence-electron chi connectivity index (χ3n) is 9.81. The predicted molar refractivity (Wildman–Crippen MR) is 222 cm³/mol. The van der Waals surface area contributed by atoms with Gasteiger partial charge in [-0.2, -0.15) is 0 Å². The van der Waals surface area contributed by atoms with Crippen LogP contribution in [0.3, 0.4) is 0 Å². The van der Waals surface area contributed by atoms with E-state index in [4.69, 9.17) is 0 Å². The number of rotatable bonds is 8. The Bertz CT molecular complexity index is 2560. The maximum absolute atomic E-state index is 2.36. The molecule has 0 bridgehead atoms. The minimum atomic E-state index is 1.10. The fourth-order valence-electron chi connectivity index (χ4n) is 7.42. The largest absolute Gasteiger partial charge is 0.310 e. The van der Waals surface area contributed by atoms with E-state index < -0.39 is 0 Å². The highest BCUT2D eigenvalue weighted by atomic mass is 15.1. The first-order chi connectivity index (χ1) is 25.8. The summed E-state index contributed by atoms with van der Waals surface area (Å²) in [6.45, 7) is 0. The van der Waals surface area contributed by atoms with E-state index >= 15 is 0 Å². The van der Waals surface area contributed by atoms with Crippen molar-refractivity contribution in [3.63, 3.8) is 0 Å². The second-order valence-electron chi connectivity index (χ2n) is 13.0. The molecule has 0 aliphatic carbocycles. The lowest BCUT2D eigenvalue weighted by atomic mass is 9.95. The number of fused-ring (bicyclic) bond motifs is 2. The normalized spacial score (nSPS) is 11.1. The van der Waals surface area contributed by atoms with E-state index in [0.717, 1.165) is 34.1 Å². The molecular formula is C50H36N2. The Morgan fingerprint density at radius 3 is 1.38 bits per heavy atom. The Labute approximate surface area is 305 Å². The highest BCUT2D eigenvalue weighted by Crippen LogP contribution is 2.43. The molecule has 0 aliphatic heterocycles. The first-order valence-electron chi connectivity index (χ1n) is 17.8. The molecular weight excluding hydrogens is 629 g/mol. The van der Waals surface area contributed by atoms with Gasteiger partial charge in [-0.25, -0.2) is 0 Å². The summed E-state index contributed by atoms with van der Waals surface area (Å²) in [6, 6.07) is 78.2. The number of hydrogen-bond donors (Lipinski definition) is 0. The van der Waals surface area contributed by atoms with Crippen LogP contribution >= 0.6 is 0 Å². The number of nitrogens with zero attached hydrogens (tertiary/aromatic N) is 2. The average Bonchev–Trinajstić information content (AvgIpc) is 3.22. The van der Waals surface area contributed by atoms with Crippen LogP contribution in [-0.2, 0) is 0 Å². The molecule has 0 amide bonds. The van der Waals surface area contributed by atoms with Crippen LogP contribution in [0.4, 0.5) is 34.1 Å². The lowest BCUT2D eigenvalue weighted by molar-refractivity contribution is 1.29. The molecule has 0 saturated carbocycles. The molecule has 0 unspecified atom stereocenters. The van der Waals surface area contributed by atoms with Gasteiger partial charge in [0.05, 0.1) is 5.69 Å². The molecule has 0 aliphatic rings. The van der Waals surface area contributed by atoms with Gasteiger partial charge in [0.2, 0.25) is 0 Å². The van der Waals surface area contributed by atoms with Crippen molar-refractivity contribution in [1.82, 2.24) is 0 Å². The first kappa shape index (κ1) is 31.1. The third-order valence-corrected chi connectivity index (χ3v) is 9.81. The molecule has 0 heterocycles. The van der Waals surface area contributed by atoms with E-state index in [0.29, 0.717) is 0 Å². The van der Waals surface area contributed by atoms with Gasteiger partial charge in [0.15, 0.2) is 0 Å². The highest BCUT2D eigenvalue weighted by Gasteiger charge is 2.18. The summed E-state index contributed by atoms with van der Waals surface area (Å²) in [5, 5.41) is 4.87. The smallest absolute Gasteiger partial charge is 0.0540 e. The monoisotopic (exact) mass is 664 g/mol. The molecule has 0 radical (unpaired) electrons. The van der Waals surface area contributed by atoms with Gasteiger partial charge in [0.1, 0.15) is 0 Å². The predicted octanol–water partition coefficient (Wildman–Crippen LogP) is 14.3. The second kappa shape index (κ2) is 13.8. The molecule has 0 aromatic heterocycles. The Balaban J connectivity index is 1.16. The topological polar surface area (TPSA) is 6.48 Å². The molecule has 52 heavy (non-hydrogen) atoms. The maximum Gasteiger partial charge on any atom is 0.0540 e. The van der Waals surface area contributed by atoms with E-state index in [1.54, 1.807) is 0 Å². The molecule has 0 saturated heterocycles. The van der Waals surface area contributed by atoms with Crippen molar-refractivity contribution in [3.05, 3.63) is 218 Å². The van der Waals surface area contributed by atoms with Crippen LogP contribution in [0.25, 0.3) is 43.8 Å². The third kappa shape index (κ3) is 5.87. The fourth-order valence-corrected chi connectivity index (χ4v) is 7.42. The van der Waals surface area contributed by atoms with Crippen LogP contribution < -0.4 is 9.80 Å². The van der Waals surface area contributed by atoms with E-state index in [2.05, 4.69) is 228 Å². The minimum absolute atomic E-state index is 1.10. The quantitative estimate of drug-likeness (QED) is 0.159. The van der Waals surface area contributed by atoms with Crippen LogP contribution in [0.2, 0.25) is 0 Å². The van der Waals surface area contributed by atoms with Gasteiger partial charge in [-0.05, 0) is 105 Å². The van der Waals surface area contributed by atoms with Crippen molar-refractivity contribution < 1.29 is 0 Å². The van der Waals surface area contributed by atoms with E-state index in [1.807, 2.05) is 0 Å². The Morgan fingerprint density at radius 1 is 0.250 bits per heavy atom. The van der Waals surface area contributed by atoms with Gasteiger partial charge >= 0.3 is 0 Å². The lowest BCUT2D eigenvalue weighted by Gasteiger charge is -2.27. The summed E-state index contributed by atoms with van der Waals surface area (Å²) in [4.78, 5) is 4.71. The Morgan fingerprint density at radius 2 is 0.731 bits per heavy atom. The molecule has 2 heteroatoms. The molecule has 0 atom stereocenters. The van der Waals surface area contributed by atoms with Crippen molar-refractivity contribution in [2.75, 3.05) is 9.80 Å². The molecule has 246 valence electrons. The molecule has 0 N–H and O–H groups in total. The molecule has 2 nitrogen and oxygen atoms in total. The number of para-hydroxylation sites is 3. The zero-order valence-electron chi connectivity index (χ0n) is 28.7. The zero-order chi connectivity index (χ0) is 34.7. The lowest BCUT2D eigenvalue weighted by Crippen LogP contribution is -2.10. The van der Waals surface area contributed by atoms with E-state index in [1.165, 1.54) is 43.8 Å². The number of anilines is 6. The van der Waals surface area contributed by atoms with Gasteiger partial charge in [0.25, 0.3) is 0 Å². The summed E-state index contributed by atoms with van der Waals surface area (Å²) in [5.41, 5.74) is 11.5. The summed E-state index contributed by atoms with van der Waals surface area (Å²) in [7, 11) is 0. The molecule has 0 fully saturated rings. The van der Waals surface area contributed by atoms with Gasteiger partial charge in [-0.3, -0.25) is 0 Å². The van der Waals surface area contributed by atoms with Gasteiger partial charge in [-0.1, -0.05) is 152 Å². The SMILES string of the molecule is c1ccc(-c2cc(N(c3ccccc3)c3ccc(-c4cccc5c(N(c6ccccc6)c6ccccc6)cccc45)cc3)cc3ccccc23)cc1. The van der Waals surface area contributed by atoms with Crippen LogP contribution in [-0.4, -0.2) is 0 Å². The van der Waals surface area contributed by atoms with Gasteiger partial charge < -0.3 is 9.80 Å². The van der Waals surface area contributed by atoms with Gasteiger partial charge in [0, 0.05) is 33.8 Å². The minimum Gasteiger partial charge on any atom is -0.310 e. The second-order valence-corrected chi connectivity index (χ2v) is 13.0. The fraction of sp³-hybridized carbons (Fsp3) is 0. The Kier molecular flexibility index (Phi) is 8.24. The van der Waals surface area contributed by atoms with Crippen LogP contribution in [0.5, 0.6) is 0 Å². The molecule has 9 aromatic rings. The number of benzene rings is 9. The molecule has 9 aromatic carbocycles. The zero-order valence-corrected chi connectivity index (χ0v) is 28.7. The van der Waals surface area contributed by atoms with Crippen LogP contribution in [0.1, 0.15) is 0 Å². The van der Waals surface area contributed by atoms with Crippen LogP contribution in [0, 0.1) is 0 Å². The summed E-state index contributed by atoms with van der Waals surface area (Å²) in [6.07, 6.45) is 0. The summed E-state index contributed by atoms with van der Waals surface area (Å²) >= 11 is 0. The summed E-state index contributed by atoms with van der Waals surface area (Å²) in [5.74, 6) is 0. The van der Waals surface area contributed by atoms with Crippen molar-refractivity contribution in [2.45, 2.75) is 0 Å². The molecule has 9 rings (SSSR count). The first-order valence-corrected chi connectivity index (χ1v) is 17.8. The number of hydrogen-bond acceptors (Lipinski definition) is 2. The van der Waals surface area contributed by atoms with Crippen molar-refractivity contribution in [1.29, 1.82) is 0 Å². The standard InChI is InChI=1S/C50H36N2/c1-5-17-37(18-6-1)49-36-44(35-39-19-13-14-26-46(39)49)51(40-20-7-2-8-21-40)43-33-31-38(32-34-43)45-27-15-29-48-47(45)28-16-30-50(48)52(41-22-9-3-10-23-41)42-24-11-4-12-25-42/h1-36H. The van der Waals surface area contributed by atoms with E-state index in [-0.39, 0.29) is 0 Å². The van der Waals surface area contributed by atoms with Crippen molar-refractivity contribution >= 4 is 55.7 Å². The van der Waals surface area contributed by atoms with E-state index in [9.17, 15) is 0 Å². The van der Waals surface area contributed by atoms with Crippen molar-refractivity contribution in [2.24, 2.45) is 0 Å². The maximum atomic E-state index is 2.36. The van der Waals surface area contributed by atoms with Crippen LogP contribution in [0.15, 0.2) is 218 Å². The average molecular weight is 665 g/mol. The van der Waals surface area contributed by atoms with Gasteiger partial charge in [-0.15, -0.1) is 0 Å². The van der Waals surface area contributed by atoms with Crippen molar-refractivity contribution in [3.8, 4) is 22.3 Å². The summed E-state index contributed by atoms with van der Waals surface area (Å²) < 4.78 is 0.